The molecular weight excluding hydrogens is 253 g/mol. The van der Waals surface area contributed by atoms with Gasteiger partial charge in [0.05, 0.1) is 11.3 Å². The van der Waals surface area contributed by atoms with Gasteiger partial charge in [-0.25, -0.2) is 9.18 Å². The number of nitrogens with zero attached hydrogens (tertiary/aromatic N) is 1. The summed E-state index contributed by atoms with van der Waals surface area (Å²) in [4.78, 5) is 13.0. The lowest BCUT2D eigenvalue weighted by molar-refractivity contribution is 0.0697. The molecule has 1 heterocycles. The molecule has 0 unspecified atom stereocenters. The molecule has 0 radical (unpaired) electrons. The second kappa shape index (κ2) is 5.61. The van der Waals surface area contributed by atoms with Crippen LogP contribution in [-0.4, -0.2) is 35.7 Å². The molecule has 3 nitrogen and oxygen atoms in total. The van der Waals surface area contributed by atoms with E-state index in [4.69, 9.17) is 5.11 Å². The number of hydrogen-bond acceptors (Lipinski definition) is 3. The van der Waals surface area contributed by atoms with Crippen molar-refractivity contribution < 1.29 is 14.3 Å². The molecule has 2 rings (SSSR count). The minimum absolute atomic E-state index is 0.0533. The first kappa shape index (κ1) is 13.2. The van der Waals surface area contributed by atoms with E-state index in [1.807, 2.05) is 16.7 Å². The van der Waals surface area contributed by atoms with E-state index in [2.05, 4.69) is 6.26 Å². The second-order valence-electron chi connectivity index (χ2n) is 4.36. The third-order valence-electron chi connectivity index (χ3n) is 3.31. The molecule has 1 saturated heterocycles. The summed E-state index contributed by atoms with van der Waals surface area (Å²) in [6.07, 6.45) is 4.01. The molecule has 98 valence electrons. The van der Waals surface area contributed by atoms with Gasteiger partial charge in [0.2, 0.25) is 0 Å². The van der Waals surface area contributed by atoms with Gasteiger partial charge in [-0.3, -0.25) is 0 Å². The summed E-state index contributed by atoms with van der Waals surface area (Å²) in [5, 5.41) is 9.72. The van der Waals surface area contributed by atoms with Gasteiger partial charge >= 0.3 is 5.97 Å². The molecule has 0 spiro atoms. The lowest BCUT2D eigenvalue weighted by atomic mass is 10.1. The van der Waals surface area contributed by atoms with Gasteiger partial charge in [0.25, 0.3) is 0 Å². The van der Waals surface area contributed by atoms with Crippen molar-refractivity contribution in [3.05, 3.63) is 29.6 Å². The van der Waals surface area contributed by atoms with Gasteiger partial charge in [-0.05, 0) is 31.2 Å². The first-order valence-corrected chi connectivity index (χ1v) is 7.22. The van der Waals surface area contributed by atoms with E-state index in [1.54, 1.807) is 0 Å². The van der Waals surface area contributed by atoms with Gasteiger partial charge in [-0.15, -0.1) is 0 Å². The zero-order valence-corrected chi connectivity index (χ0v) is 11.0. The van der Waals surface area contributed by atoms with Crippen LogP contribution in [-0.2, 0) is 0 Å². The maximum Gasteiger partial charge on any atom is 0.337 e. The van der Waals surface area contributed by atoms with Crippen LogP contribution in [0.25, 0.3) is 0 Å². The Labute approximate surface area is 110 Å². The Morgan fingerprint density at radius 2 is 2.11 bits per heavy atom. The molecule has 0 bridgehead atoms. The van der Waals surface area contributed by atoms with Crippen LogP contribution in [0.3, 0.4) is 0 Å². The van der Waals surface area contributed by atoms with Crippen LogP contribution in [0.15, 0.2) is 18.2 Å². The van der Waals surface area contributed by atoms with Crippen molar-refractivity contribution in [1.29, 1.82) is 0 Å². The average Bonchev–Trinajstić information content (AvgIpc) is 2.38. The van der Waals surface area contributed by atoms with Crippen LogP contribution >= 0.6 is 11.8 Å². The predicted molar refractivity (Wildman–Crippen MR) is 72.1 cm³/mol. The molecule has 0 amide bonds. The van der Waals surface area contributed by atoms with Crippen molar-refractivity contribution in [3.8, 4) is 0 Å². The second-order valence-corrected chi connectivity index (χ2v) is 5.50. The zero-order valence-electron chi connectivity index (χ0n) is 10.2. The summed E-state index contributed by atoms with van der Waals surface area (Å²) in [5.74, 6) is -1.52. The molecule has 1 aliphatic rings. The van der Waals surface area contributed by atoms with Crippen LogP contribution < -0.4 is 4.90 Å². The summed E-state index contributed by atoms with van der Waals surface area (Å²) in [5.41, 5.74) is 0.294. The van der Waals surface area contributed by atoms with Gasteiger partial charge in [-0.2, -0.15) is 11.8 Å². The first-order chi connectivity index (χ1) is 8.63. The third-order valence-corrected chi connectivity index (χ3v) is 4.45. The normalized spacial score (nSPS) is 16.9. The Bertz CT molecular complexity index is 445. The van der Waals surface area contributed by atoms with E-state index in [0.29, 0.717) is 18.3 Å². The number of carboxylic acid groups (broad SMARTS) is 1. The molecule has 0 aromatic heterocycles. The average molecular weight is 269 g/mol. The van der Waals surface area contributed by atoms with E-state index >= 15 is 0 Å². The molecule has 1 N–H and O–H groups in total. The number of rotatable bonds is 3. The van der Waals surface area contributed by atoms with Crippen LogP contribution in [0.1, 0.15) is 23.2 Å². The first-order valence-electron chi connectivity index (χ1n) is 5.93. The largest absolute Gasteiger partial charge is 0.478 e. The molecule has 1 fully saturated rings. The van der Waals surface area contributed by atoms with Gasteiger partial charge in [0.1, 0.15) is 5.82 Å². The number of anilines is 1. The highest BCUT2D eigenvalue weighted by Gasteiger charge is 2.24. The molecule has 0 aliphatic carbocycles. The lowest BCUT2D eigenvalue weighted by Crippen LogP contribution is -2.36. The van der Waals surface area contributed by atoms with E-state index in [-0.39, 0.29) is 11.3 Å². The molecule has 18 heavy (non-hydrogen) atoms. The van der Waals surface area contributed by atoms with Crippen LogP contribution in [0, 0.1) is 5.82 Å². The number of piperidine rings is 1. The van der Waals surface area contributed by atoms with Gasteiger partial charge < -0.3 is 10.0 Å². The number of benzene rings is 1. The molecule has 1 aromatic rings. The molecule has 1 aliphatic heterocycles. The smallest absolute Gasteiger partial charge is 0.337 e. The fourth-order valence-electron chi connectivity index (χ4n) is 2.32. The highest BCUT2D eigenvalue weighted by Crippen LogP contribution is 2.30. The fraction of sp³-hybridized carbons (Fsp3) is 0.462. The number of aromatic carboxylic acids is 1. The highest BCUT2D eigenvalue weighted by atomic mass is 32.2. The quantitative estimate of drug-likeness (QED) is 0.916. The van der Waals surface area contributed by atoms with E-state index < -0.39 is 11.8 Å². The zero-order chi connectivity index (χ0) is 13.1. The summed E-state index contributed by atoms with van der Waals surface area (Å²) in [7, 11) is 0. The monoisotopic (exact) mass is 269 g/mol. The van der Waals surface area contributed by atoms with Crippen molar-refractivity contribution in [1.82, 2.24) is 0 Å². The van der Waals surface area contributed by atoms with Crippen molar-refractivity contribution in [2.75, 3.05) is 24.2 Å². The van der Waals surface area contributed by atoms with E-state index in [1.165, 1.54) is 18.2 Å². The minimum atomic E-state index is -1.07. The van der Waals surface area contributed by atoms with Crippen molar-refractivity contribution in [2.24, 2.45) is 0 Å². The van der Waals surface area contributed by atoms with E-state index in [0.717, 1.165) is 12.8 Å². The van der Waals surface area contributed by atoms with Crippen LogP contribution in [0.4, 0.5) is 10.1 Å². The van der Waals surface area contributed by atoms with Crippen molar-refractivity contribution in [2.45, 2.75) is 18.1 Å². The minimum Gasteiger partial charge on any atom is -0.478 e. The lowest BCUT2D eigenvalue weighted by Gasteiger charge is -2.33. The fourth-order valence-corrected chi connectivity index (χ4v) is 3.01. The van der Waals surface area contributed by atoms with Gasteiger partial charge in [0, 0.05) is 18.3 Å². The van der Waals surface area contributed by atoms with Crippen molar-refractivity contribution in [3.63, 3.8) is 0 Å². The van der Waals surface area contributed by atoms with Crippen LogP contribution in [0.5, 0.6) is 0 Å². The summed E-state index contributed by atoms with van der Waals surface area (Å²) in [6.45, 7) is 1.43. The van der Waals surface area contributed by atoms with Crippen LogP contribution in [0.2, 0.25) is 0 Å². The third kappa shape index (κ3) is 2.61. The standard InChI is InChI=1S/C13H16FNO2S/c1-18-9-5-7-15(8-6-9)12-10(13(16)17)3-2-4-11(12)14/h2-4,9H,5-8H2,1H3,(H,16,17). The van der Waals surface area contributed by atoms with Gasteiger partial charge in [0.15, 0.2) is 0 Å². The topological polar surface area (TPSA) is 40.5 Å². The molecule has 1 aromatic carbocycles. The Morgan fingerprint density at radius 3 is 2.67 bits per heavy atom. The highest BCUT2D eigenvalue weighted by molar-refractivity contribution is 7.99. The Hall–Kier alpha value is -1.23. The molecule has 0 atom stereocenters. The number of carbonyl (C=O) groups is 1. The molecule has 5 heteroatoms. The Morgan fingerprint density at radius 1 is 1.44 bits per heavy atom. The number of para-hydroxylation sites is 1. The summed E-state index contributed by atoms with van der Waals surface area (Å²) < 4.78 is 13.9. The number of carboxylic acids is 1. The number of thioether (sulfide) groups is 1. The summed E-state index contributed by atoms with van der Waals surface area (Å²) in [6, 6.07) is 4.22. The predicted octanol–water partition coefficient (Wildman–Crippen LogP) is 2.86. The molecule has 0 saturated carbocycles. The summed E-state index contributed by atoms with van der Waals surface area (Å²) >= 11 is 1.82. The number of halogens is 1. The maximum absolute atomic E-state index is 13.9. The Balaban J connectivity index is 2.26. The van der Waals surface area contributed by atoms with Crippen molar-refractivity contribution >= 4 is 23.4 Å². The van der Waals surface area contributed by atoms with E-state index in [9.17, 15) is 9.18 Å². The molecular formula is C13H16FNO2S. The number of hydrogen-bond donors (Lipinski definition) is 1. The maximum atomic E-state index is 13.9. The Kier molecular flexibility index (Phi) is 4.11. The SMILES string of the molecule is CSC1CCN(c2c(F)cccc2C(=O)O)CC1. The van der Waals surface area contributed by atoms with Gasteiger partial charge in [-0.1, -0.05) is 6.07 Å².